The average Bonchev–Trinajstić information content (AvgIpc) is 2.57. The second-order valence-electron chi connectivity index (χ2n) is 5.18. The van der Waals surface area contributed by atoms with Gasteiger partial charge in [0.25, 0.3) is 0 Å². The van der Waals surface area contributed by atoms with E-state index in [2.05, 4.69) is 10.3 Å². The van der Waals surface area contributed by atoms with Gasteiger partial charge in [-0.05, 0) is 23.8 Å². The number of carboxylic acids is 1. The maximum absolute atomic E-state index is 10.6. The smallest absolute Gasteiger partial charge is 0.341 e. The van der Waals surface area contributed by atoms with Gasteiger partial charge >= 0.3 is 5.97 Å². The maximum Gasteiger partial charge on any atom is 0.341 e. The van der Waals surface area contributed by atoms with Crippen molar-refractivity contribution in [2.45, 2.75) is 0 Å². The maximum atomic E-state index is 10.6. The summed E-state index contributed by atoms with van der Waals surface area (Å²) in [5, 5.41) is 18.4. The number of nitrogens with zero attached hydrogens (tertiary/aromatic N) is 3. The van der Waals surface area contributed by atoms with Crippen LogP contribution < -0.4 is 4.74 Å². The first-order valence-electron chi connectivity index (χ1n) is 7.35. The molecule has 0 saturated carbocycles. The lowest BCUT2D eigenvalue weighted by Gasteiger charge is -2.06. The van der Waals surface area contributed by atoms with Crippen molar-refractivity contribution < 1.29 is 14.6 Å². The lowest BCUT2D eigenvalue weighted by atomic mass is 10.1. The summed E-state index contributed by atoms with van der Waals surface area (Å²) in [7, 11) is 3.62. The Balaban J connectivity index is 2.09. The molecule has 0 radical (unpaired) electrons. The van der Waals surface area contributed by atoms with Crippen LogP contribution in [-0.2, 0) is 4.79 Å². The average molecular weight is 325 g/mol. The molecule has 0 saturated heterocycles. The van der Waals surface area contributed by atoms with Gasteiger partial charge in [0.05, 0.1) is 5.69 Å². The van der Waals surface area contributed by atoms with Gasteiger partial charge in [-0.15, -0.1) is 5.11 Å². The third kappa shape index (κ3) is 5.57. The lowest BCUT2D eigenvalue weighted by molar-refractivity contribution is -0.139. The van der Waals surface area contributed by atoms with Crippen LogP contribution in [0.4, 0.5) is 5.69 Å². The van der Waals surface area contributed by atoms with Gasteiger partial charge in [-0.1, -0.05) is 47.7 Å². The van der Waals surface area contributed by atoms with E-state index in [1.165, 1.54) is 0 Å². The third-order valence-corrected chi connectivity index (χ3v) is 2.96. The Kier molecular flexibility index (Phi) is 6.08. The number of rotatable bonds is 7. The van der Waals surface area contributed by atoms with E-state index < -0.39 is 5.97 Å². The molecule has 0 unspecified atom stereocenters. The molecule has 0 spiro atoms. The van der Waals surface area contributed by atoms with Gasteiger partial charge in [-0.2, -0.15) is 0 Å². The molecule has 0 amide bonds. The number of ether oxygens (including phenoxy) is 1. The zero-order chi connectivity index (χ0) is 17.4. The van der Waals surface area contributed by atoms with Gasteiger partial charge in [0, 0.05) is 19.7 Å². The van der Waals surface area contributed by atoms with Crippen LogP contribution >= 0.6 is 0 Å². The Bertz CT molecular complexity index is 737. The van der Waals surface area contributed by atoms with E-state index in [-0.39, 0.29) is 6.61 Å². The molecule has 0 bridgehead atoms. The van der Waals surface area contributed by atoms with Crippen molar-refractivity contribution in [1.82, 2.24) is 5.01 Å². The minimum absolute atomic E-state index is 0.365. The highest BCUT2D eigenvalue weighted by Gasteiger charge is 2.02. The highest BCUT2D eigenvalue weighted by Crippen LogP contribution is 2.21. The molecule has 2 aromatic rings. The molecule has 0 aromatic heterocycles. The monoisotopic (exact) mass is 325 g/mol. The summed E-state index contributed by atoms with van der Waals surface area (Å²) in [6.45, 7) is -0.365. The topological polar surface area (TPSA) is 74.5 Å². The summed E-state index contributed by atoms with van der Waals surface area (Å²) >= 11 is 0. The molecule has 0 aliphatic carbocycles. The molecule has 6 nitrogen and oxygen atoms in total. The van der Waals surface area contributed by atoms with Crippen LogP contribution in [0, 0.1) is 0 Å². The van der Waals surface area contributed by atoms with E-state index in [0.717, 1.165) is 16.8 Å². The second-order valence-corrected chi connectivity index (χ2v) is 5.18. The van der Waals surface area contributed by atoms with Crippen molar-refractivity contribution in [3.63, 3.8) is 0 Å². The second kappa shape index (κ2) is 8.47. The Morgan fingerprint density at radius 2 is 1.83 bits per heavy atom. The van der Waals surface area contributed by atoms with Gasteiger partial charge in [0.1, 0.15) is 5.75 Å². The SMILES string of the molecule is CN(C)/N=N/c1ccc(/C=C\c2ccccc2OCC(=O)O)cc1. The zero-order valence-electron chi connectivity index (χ0n) is 13.6. The minimum Gasteiger partial charge on any atom is -0.481 e. The molecule has 1 N–H and O–H groups in total. The number of para-hydroxylation sites is 1. The van der Waals surface area contributed by atoms with Crippen molar-refractivity contribution in [3.8, 4) is 5.75 Å². The van der Waals surface area contributed by atoms with E-state index in [9.17, 15) is 4.79 Å². The number of carboxylic acid groups (broad SMARTS) is 1. The molecular weight excluding hydrogens is 306 g/mol. The predicted octanol–water partition coefficient (Wildman–Crippen LogP) is 3.88. The number of hydrogen-bond acceptors (Lipinski definition) is 4. The third-order valence-electron chi connectivity index (χ3n) is 2.96. The molecule has 0 fully saturated rings. The molecular formula is C18H19N3O3. The fourth-order valence-corrected chi connectivity index (χ4v) is 1.87. The quantitative estimate of drug-likeness (QED) is 0.476. The molecule has 2 rings (SSSR count). The van der Waals surface area contributed by atoms with E-state index >= 15 is 0 Å². The Morgan fingerprint density at radius 1 is 1.12 bits per heavy atom. The molecule has 6 heteroatoms. The molecule has 0 aliphatic rings. The first kappa shape index (κ1) is 17.2. The molecule has 0 aliphatic heterocycles. The first-order chi connectivity index (χ1) is 11.5. The fraction of sp³-hybridized carbons (Fsp3) is 0.167. The van der Waals surface area contributed by atoms with Crippen LogP contribution in [-0.4, -0.2) is 36.8 Å². The van der Waals surface area contributed by atoms with Crippen LogP contribution in [0.3, 0.4) is 0 Å². The molecule has 2 aromatic carbocycles. The van der Waals surface area contributed by atoms with Crippen molar-refractivity contribution in [2.24, 2.45) is 10.3 Å². The van der Waals surface area contributed by atoms with E-state index in [4.69, 9.17) is 9.84 Å². The molecule has 0 atom stereocenters. The first-order valence-corrected chi connectivity index (χ1v) is 7.35. The number of hydrogen-bond donors (Lipinski definition) is 1. The van der Waals surface area contributed by atoms with Crippen LogP contribution in [0.15, 0.2) is 58.9 Å². The highest BCUT2D eigenvalue weighted by molar-refractivity contribution is 5.73. The lowest BCUT2D eigenvalue weighted by Crippen LogP contribution is -2.09. The van der Waals surface area contributed by atoms with Gasteiger partial charge < -0.3 is 9.84 Å². The number of carbonyl (C=O) groups is 1. The summed E-state index contributed by atoms with van der Waals surface area (Å²) in [4.78, 5) is 10.6. The Labute approximate surface area is 140 Å². The normalized spacial score (nSPS) is 11.1. The minimum atomic E-state index is -1.00. The van der Waals surface area contributed by atoms with Crippen LogP contribution in [0.5, 0.6) is 5.75 Å². The van der Waals surface area contributed by atoms with Gasteiger partial charge in [-0.25, -0.2) is 4.79 Å². The van der Waals surface area contributed by atoms with E-state index in [0.29, 0.717) is 5.75 Å². The molecule has 124 valence electrons. The van der Waals surface area contributed by atoms with Crippen LogP contribution in [0.1, 0.15) is 11.1 Å². The van der Waals surface area contributed by atoms with Crippen molar-refractivity contribution in [2.75, 3.05) is 20.7 Å². The van der Waals surface area contributed by atoms with Crippen molar-refractivity contribution in [3.05, 3.63) is 59.7 Å². The summed E-state index contributed by atoms with van der Waals surface area (Å²) in [5.74, 6) is -0.469. The zero-order valence-corrected chi connectivity index (χ0v) is 13.6. The van der Waals surface area contributed by atoms with Crippen molar-refractivity contribution in [1.29, 1.82) is 0 Å². The van der Waals surface area contributed by atoms with Gasteiger partial charge in [0.15, 0.2) is 6.61 Å². The molecule has 24 heavy (non-hydrogen) atoms. The fourth-order valence-electron chi connectivity index (χ4n) is 1.87. The predicted molar refractivity (Wildman–Crippen MR) is 93.1 cm³/mol. The summed E-state index contributed by atoms with van der Waals surface area (Å²) in [5.41, 5.74) is 2.58. The number of benzene rings is 2. The Morgan fingerprint density at radius 3 is 2.50 bits per heavy atom. The van der Waals surface area contributed by atoms with Crippen LogP contribution in [0.2, 0.25) is 0 Å². The van der Waals surface area contributed by atoms with Gasteiger partial charge in [0.2, 0.25) is 0 Å². The standard InChI is InChI=1S/C18H19N3O3/c1-21(2)20-19-16-11-8-14(9-12-16)7-10-15-5-3-4-6-17(15)24-13-18(22)23/h3-12H,13H2,1-2H3,(H,22,23)/b10-7-,20-19+. The summed E-state index contributed by atoms with van der Waals surface area (Å²) in [6, 6.07) is 14.9. The van der Waals surface area contributed by atoms with E-state index in [1.54, 1.807) is 17.1 Å². The van der Waals surface area contributed by atoms with Gasteiger partial charge in [-0.3, -0.25) is 5.01 Å². The van der Waals surface area contributed by atoms with Crippen LogP contribution in [0.25, 0.3) is 12.2 Å². The molecule has 0 heterocycles. The Hall–Kier alpha value is -3.15. The van der Waals surface area contributed by atoms with Crippen molar-refractivity contribution >= 4 is 23.8 Å². The summed E-state index contributed by atoms with van der Waals surface area (Å²) in [6.07, 6.45) is 3.81. The summed E-state index contributed by atoms with van der Waals surface area (Å²) < 4.78 is 5.28. The number of aliphatic carboxylic acids is 1. The largest absolute Gasteiger partial charge is 0.481 e. The highest BCUT2D eigenvalue weighted by atomic mass is 16.5. The van der Waals surface area contributed by atoms with E-state index in [1.807, 2.05) is 62.6 Å².